The molecule has 15 rings (SSSR count). The second kappa shape index (κ2) is 72.5. The molecular formula is C127H164O3S10+10. The fourth-order valence-electron chi connectivity index (χ4n) is 14.3. The van der Waals surface area contributed by atoms with Crippen molar-refractivity contribution in [2.24, 2.45) is 0 Å². The van der Waals surface area contributed by atoms with Crippen LogP contribution in [0.3, 0.4) is 0 Å². The van der Waals surface area contributed by atoms with Gasteiger partial charge in [-0.3, -0.25) is 0 Å². The van der Waals surface area contributed by atoms with Crippen molar-refractivity contribution in [2.45, 2.75) is 172 Å². The Labute approximate surface area is 879 Å². The van der Waals surface area contributed by atoms with Gasteiger partial charge in [-0.05, 0) is 218 Å². The molecule has 3 nitrogen and oxygen atoms in total. The van der Waals surface area contributed by atoms with E-state index in [9.17, 15) is 0 Å². The molecule has 0 unspecified atom stereocenters. The Morgan fingerprint density at radius 3 is 0.721 bits per heavy atom. The highest BCUT2D eigenvalue weighted by Gasteiger charge is 2.30. The molecule has 0 bridgehead atoms. The lowest BCUT2D eigenvalue weighted by Crippen LogP contribution is -2.24. The van der Waals surface area contributed by atoms with E-state index in [1.165, 1.54) is 133 Å². The number of benzene rings is 15. The molecule has 1 N–H and O–H groups in total. The standard InChI is InChI=1S/C22H23OS.C21H21S.C14H15S.C14H23S.C12H19S.C10H15S.C9H13OS.C9H13S.C8H10OS.C8H11S/c1-23-22-14-12-21(13-15-22)18-24(16-19-8-4-2-5-9-19)17-20-10-6-3-7-11-20;1-4-10-19(11-5-1)16-22(17-20-12-6-2-7-13-20)18-21-14-8-3-9-15-21;1-15(2)14-10-8-13(9-11-14)12-6-4-3-5-7-12;1-3-5-12-15(13-6-4-2)14-10-8-7-9-11-14;1-10(2)13(11(3)4)12-8-6-5-7-9-12;1-3-11(4-2)10-8-6-5-7-9-10;1-10-8-4-6-9(7-5-8)11(2)3;1-8-4-6-9(7-5-8)10(2)3;1-10(2)8-5-3-7(9)4-6-8;1-9(2)8-6-4-3-5-7-8/h2-15H,16-18H2,1H3;1-15H,16-18H2;3-11H,1-2H3;7-11H,3-6,12-13H2,1-2H3;5-11H,1-4H3;5-9H,3-4H2,1-2H3;4-7H,1-3H3;4-7H,1-3H3;3-6H,1-2H3;3-7H,1-2H3/q8*+1;;+1/p+1. The summed E-state index contributed by atoms with van der Waals surface area (Å²) in [5, 5.41) is 10.4. The fraction of sp³-hybridized carbons (Fsp3) is 0.291. The van der Waals surface area contributed by atoms with Gasteiger partial charge in [-0.1, -0.05) is 311 Å². The van der Waals surface area contributed by atoms with Crippen molar-refractivity contribution >= 4 is 109 Å². The minimum atomic E-state index is 0.273. The lowest BCUT2D eigenvalue weighted by molar-refractivity contribution is 0.414. The summed E-state index contributed by atoms with van der Waals surface area (Å²) in [4.78, 5) is 11.6. The minimum absolute atomic E-state index is 0.273. The number of ether oxygens (including phenoxy) is 2. The van der Waals surface area contributed by atoms with Crippen LogP contribution in [-0.2, 0) is 143 Å². The molecule has 0 fully saturated rings. The average molecular weight is 2060 g/mol. The fourth-order valence-corrected chi connectivity index (χ4v) is 29.1. The zero-order valence-electron chi connectivity index (χ0n) is 87.8. The van der Waals surface area contributed by atoms with Gasteiger partial charge in [0, 0.05) is 142 Å². The van der Waals surface area contributed by atoms with E-state index >= 15 is 0 Å². The largest absolute Gasteiger partial charge is 0.508 e. The van der Waals surface area contributed by atoms with Gasteiger partial charge in [0.1, 0.15) is 148 Å². The molecule has 740 valence electrons. The highest BCUT2D eigenvalue weighted by Crippen LogP contribution is 2.28. The third-order valence-corrected chi connectivity index (χ3v) is 40.2. The topological polar surface area (TPSA) is 38.7 Å². The first-order valence-corrected chi connectivity index (χ1v) is 66.9. The third-order valence-electron chi connectivity index (χ3n) is 21.9. The van der Waals surface area contributed by atoms with E-state index in [0.717, 1.165) is 56.5 Å². The van der Waals surface area contributed by atoms with Gasteiger partial charge >= 0.3 is 0 Å². The van der Waals surface area contributed by atoms with Crippen LogP contribution >= 0.6 is 0 Å². The van der Waals surface area contributed by atoms with Crippen molar-refractivity contribution in [1.82, 2.24) is 0 Å². The Morgan fingerprint density at radius 2 is 0.457 bits per heavy atom. The summed E-state index contributed by atoms with van der Waals surface area (Å²) in [6, 6.07) is 150. The summed E-state index contributed by atoms with van der Waals surface area (Å²) < 4.78 is 10.3. The first kappa shape index (κ1) is 120. The second-order valence-corrected chi connectivity index (χ2v) is 57.4. The first-order chi connectivity index (χ1) is 67.8. The van der Waals surface area contributed by atoms with E-state index in [2.05, 4.69) is 507 Å². The highest BCUT2D eigenvalue weighted by atomic mass is 32.2. The zero-order valence-corrected chi connectivity index (χ0v) is 96.0. The van der Waals surface area contributed by atoms with Gasteiger partial charge in [-0.2, -0.15) is 0 Å². The number of rotatable bonds is 33. The van der Waals surface area contributed by atoms with Crippen LogP contribution in [0.15, 0.2) is 464 Å². The SMILES string of the molecule is CC(C)[S+](c1ccccc1)C(C)C.CCCC[S+](CCCC)c1ccccc1.CC[S+](CC)c1ccccc1.COc1ccc(C[S+](Cc2ccccc2)Cc2ccccc2)cc1.COc1ccc([S+](C)C)cc1.C[S+](C)c1ccc(-c2ccccc2)cc1.C[S+](C)c1ccc(O)cc1.C[S+](C)c1ccccc1.Cc1ccc([S+](C)C)cc1.c1ccc(C[S+](Cc2ccccc2)Cc2ccccc2)cc1. The normalized spacial score (nSPS) is 10.7. The van der Waals surface area contributed by atoms with Gasteiger partial charge in [-0.25, -0.2) is 0 Å². The maximum absolute atomic E-state index is 8.94. The van der Waals surface area contributed by atoms with Crippen LogP contribution in [-0.4, -0.2) is 115 Å². The van der Waals surface area contributed by atoms with Crippen LogP contribution in [0.25, 0.3) is 11.1 Å². The van der Waals surface area contributed by atoms with Gasteiger partial charge in [0.05, 0.1) is 14.2 Å². The van der Waals surface area contributed by atoms with Gasteiger partial charge < -0.3 is 14.6 Å². The summed E-state index contributed by atoms with van der Waals surface area (Å²) in [7, 11) is 7.26. The molecule has 0 aliphatic heterocycles. The van der Waals surface area contributed by atoms with Crippen LogP contribution in [0.2, 0.25) is 0 Å². The predicted octanol–water partition coefficient (Wildman–Crippen LogP) is 32.2. The van der Waals surface area contributed by atoms with Crippen molar-refractivity contribution in [1.29, 1.82) is 0 Å². The smallest absolute Gasteiger partial charge is 0.155 e. The molecule has 0 saturated heterocycles. The number of phenols is 1. The van der Waals surface area contributed by atoms with Gasteiger partial charge in [-0.15, -0.1) is 0 Å². The molecule has 0 aliphatic carbocycles. The Balaban J connectivity index is 0.000000243. The Morgan fingerprint density at radius 1 is 0.236 bits per heavy atom. The van der Waals surface area contributed by atoms with E-state index in [1.54, 1.807) is 31.2 Å². The van der Waals surface area contributed by atoms with Gasteiger partial charge in [0.15, 0.2) is 39.2 Å². The van der Waals surface area contributed by atoms with Gasteiger partial charge in [0.25, 0.3) is 0 Å². The summed E-state index contributed by atoms with van der Waals surface area (Å²) >= 11 is 0. The van der Waals surface area contributed by atoms with Gasteiger partial charge in [0.2, 0.25) is 0 Å². The van der Waals surface area contributed by atoms with Crippen molar-refractivity contribution in [3.8, 4) is 28.4 Å². The zero-order chi connectivity index (χ0) is 101. The molecule has 0 spiro atoms. The first-order valence-electron chi connectivity index (χ1n) is 48.7. The van der Waals surface area contributed by atoms with Crippen LogP contribution < -0.4 is 9.47 Å². The third kappa shape index (κ3) is 50.4. The molecule has 15 aromatic rings. The molecule has 13 heteroatoms. The minimum Gasteiger partial charge on any atom is -0.508 e. The van der Waals surface area contributed by atoms with E-state index in [0.29, 0.717) is 104 Å². The van der Waals surface area contributed by atoms with Crippen LogP contribution in [0.4, 0.5) is 0 Å². The highest BCUT2D eigenvalue weighted by molar-refractivity contribution is 7.98. The number of unbranched alkanes of at least 4 members (excludes halogenated alkanes) is 2. The van der Waals surface area contributed by atoms with Crippen LogP contribution in [0, 0.1) is 6.92 Å². The van der Waals surface area contributed by atoms with Crippen molar-refractivity contribution in [3.05, 3.63) is 464 Å². The summed E-state index contributed by atoms with van der Waals surface area (Å²) in [5.41, 5.74) is 12.5. The lowest BCUT2D eigenvalue weighted by atomic mass is 10.1. The van der Waals surface area contributed by atoms with Crippen molar-refractivity contribution < 1.29 is 14.6 Å². The molecule has 0 amide bonds. The molecule has 0 atom stereocenters. The Bertz CT molecular complexity index is 5280. The Hall–Kier alpha value is -8.80. The van der Waals surface area contributed by atoms with E-state index < -0.39 is 0 Å². The Kier molecular flexibility index (Phi) is 62.0. The summed E-state index contributed by atoms with van der Waals surface area (Å²) in [6.45, 7) is 20.5. The van der Waals surface area contributed by atoms with E-state index in [1.807, 2.05) is 30.3 Å². The molecule has 0 radical (unpaired) electrons. The quantitative estimate of drug-likeness (QED) is 0.0417. The molecule has 15 aromatic carbocycles. The van der Waals surface area contributed by atoms with Crippen LogP contribution in [0.5, 0.6) is 17.2 Å². The number of hydrogen-bond donors (Lipinski definition) is 1. The molecule has 0 saturated carbocycles. The summed E-state index contributed by atoms with van der Waals surface area (Å²) in [6.07, 6.45) is 27.6. The molecular weight excluding hydrogens is 1890 g/mol. The number of methoxy groups -OCH3 is 2. The number of hydrogen-bond acceptors (Lipinski definition) is 3. The average Bonchev–Trinajstić information content (AvgIpc) is 0.867. The summed E-state index contributed by atoms with van der Waals surface area (Å²) in [5.74, 6) is 14.4. The van der Waals surface area contributed by atoms with Crippen molar-refractivity contribution in [2.75, 3.05) is 99.8 Å². The molecule has 0 heterocycles. The monoisotopic (exact) mass is 2060 g/mol. The number of aryl methyl sites for hydroxylation is 1. The molecule has 0 aromatic heterocycles. The van der Waals surface area contributed by atoms with Crippen molar-refractivity contribution in [3.63, 3.8) is 0 Å². The molecule has 0 aliphatic rings. The molecule has 140 heavy (non-hydrogen) atoms. The predicted molar refractivity (Wildman–Crippen MR) is 647 cm³/mol. The number of aromatic hydroxyl groups is 1. The maximum atomic E-state index is 8.94. The number of phenolic OH excluding ortho intramolecular Hbond substituents is 1. The van der Waals surface area contributed by atoms with Crippen LogP contribution in [0.1, 0.15) is 120 Å². The maximum Gasteiger partial charge on any atom is 0.155 e. The second-order valence-electron chi connectivity index (χ2n) is 34.7. The lowest BCUT2D eigenvalue weighted by Gasteiger charge is -2.14. The van der Waals surface area contributed by atoms with E-state index in [-0.39, 0.29) is 10.9 Å². The van der Waals surface area contributed by atoms with E-state index in [4.69, 9.17) is 14.6 Å².